The number of hydrogen-bond acceptors (Lipinski definition) is 2. The van der Waals surface area contributed by atoms with Crippen molar-refractivity contribution in [3.63, 3.8) is 0 Å². The fourth-order valence-electron chi connectivity index (χ4n) is 9.12. The van der Waals surface area contributed by atoms with E-state index in [2.05, 4.69) is 228 Å². The second-order valence-corrected chi connectivity index (χ2v) is 16.4. The molecule has 2 aromatic heterocycles. The molecule has 0 aliphatic heterocycles. The molecule has 0 N–H and O–H groups in total. The maximum atomic E-state index is 2.44. The van der Waals surface area contributed by atoms with E-state index in [0.717, 1.165) is 22.7 Å². The van der Waals surface area contributed by atoms with Crippen LogP contribution < -0.4 is 4.90 Å². The summed E-state index contributed by atoms with van der Waals surface area (Å²) in [7, 11) is 0. The number of hydrogen-bond donors (Lipinski definition) is 0. The van der Waals surface area contributed by atoms with Gasteiger partial charge < -0.3 is 9.47 Å². The monoisotopic (exact) mass is 768 g/mol. The smallest absolute Gasteiger partial charge is 0.0619 e. The number of aromatic nitrogens is 1. The molecule has 0 aliphatic rings. The first-order valence-electron chi connectivity index (χ1n) is 20.2. The third kappa shape index (κ3) is 5.55. The molecular weight excluding hydrogens is 733 g/mol. The van der Waals surface area contributed by atoms with Gasteiger partial charge in [0.1, 0.15) is 0 Å². The SMILES string of the molecule is c1ccc(-c2ccc(N(c3ccc(-c4ccc5c6ccc7ccccc7c6n(-c6ccccc6)c5c4)cc3)c3ccc4c(c3)sc3c5ccccc5ccc43)cc2)cc1. The molecule has 0 radical (unpaired) electrons. The average molecular weight is 769 g/mol. The summed E-state index contributed by atoms with van der Waals surface area (Å²) < 4.78 is 5.07. The van der Waals surface area contributed by atoms with Crippen molar-refractivity contribution >= 4 is 91.9 Å². The van der Waals surface area contributed by atoms with Crippen LogP contribution in [0.3, 0.4) is 0 Å². The molecule has 0 aliphatic carbocycles. The van der Waals surface area contributed by atoms with E-state index in [4.69, 9.17) is 0 Å². The van der Waals surface area contributed by atoms with E-state index in [1.165, 1.54) is 85.8 Å². The summed E-state index contributed by atoms with van der Waals surface area (Å²) in [6.45, 7) is 0. The Morgan fingerprint density at radius 1 is 0.339 bits per heavy atom. The predicted molar refractivity (Wildman–Crippen MR) is 254 cm³/mol. The van der Waals surface area contributed by atoms with Crippen molar-refractivity contribution in [2.24, 2.45) is 0 Å². The second kappa shape index (κ2) is 13.6. The minimum atomic E-state index is 1.11. The van der Waals surface area contributed by atoms with Crippen LogP contribution in [0.2, 0.25) is 0 Å². The largest absolute Gasteiger partial charge is 0.310 e. The molecule has 0 amide bonds. The fourth-order valence-corrected chi connectivity index (χ4v) is 10.4. The molecule has 3 heteroatoms. The van der Waals surface area contributed by atoms with E-state index in [-0.39, 0.29) is 0 Å². The van der Waals surface area contributed by atoms with Crippen LogP contribution >= 0.6 is 11.3 Å². The van der Waals surface area contributed by atoms with Crippen LogP contribution in [0, 0.1) is 0 Å². The van der Waals surface area contributed by atoms with E-state index >= 15 is 0 Å². The maximum Gasteiger partial charge on any atom is 0.0619 e. The number of anilines is 3. The Morgan fingerprint density at radius 3 is 1.59 bits per heavy atom. The molecule has 2 heterocycles. The van der Waals surface area contributed by atoms with Gasteiger partial charge in [0, 0.05) is 59.1 Å². The normalized spacial score (nSPS) is 11.7. The van der Waals surface area contributed by atoms with Gasteiger partial charge in [-0.2, -0.15) is 0 Å². The molecule has 0 unspecified atom stereocenters. The summed E-state index contributed by atoms with van der Waals surface area (Å²) in [5.41, 5.74) is 11.7. The standard InChI is InChI=1S/C56H36N2S/c1-3-11-37(12-4-1)38-19-26-44(27-20-38)57(46-30-34-50-52-33-24-41-14-8-10-18-48(41)56(52)59-54(50)36-46)45-28-21-39(22-29-45)42-25-31-49-51-32-23-40-13-7-9-17-47(40)55(51)58(53(49)35-42)43-15-5-2-6-16-43/h1-36H. The molecule has 12 aromatic rings. The lowest BCUT2D eigenvalue weighted by atomic mass is 10.0. The summed E-state index contributed by atoms with van der Waals surface area (Å²) in [5, 5.41) is 10.2. The third-order valence-corrected chi connectivity index (χ3v) is 13.2. The van der Waals surface area contributed by atoms with Gasteiger partial charge in [-0.3, -0.25) is 0 Å². The highest BCUT2D eigenvalue weighted by molar-refractivity contribution is 7.26. The van der Waals surface area contributed by atoms with Crippen LogP contribution in [-0.4, -0.2) is 4.57 Å². The number of rotatable bonds is 6. The Morgan fingerprint density at radius 2 is 0.864 bits per heavy atom. The van der Waals surface area contributed by atoms with Crippen LogP contribution in [0.4, 0.5) is 17.1 Å². The maximum absolute atomic E-state index is 2.44. The molecule has 59 heavy (non-hydrogen) atoms. The zero-order valence-corrected chi connectivity index (χ0v) is 32.9. The highest BCUT2D eigenvalue weighted by Crippen LogP contribution is 2.44. The third-order valence-electron chi connectivity index (χ3n) is 12.0. The van der Waals surface area contributed by atoms with Crippen LogP contribution in [-0.2, 0) is 0 Å². The van der Waals surface area contributed by atoms with E-state index in [1.54, 1.807) is 0 Å². The van der Waals surface area contributed by atoms with Gasteiger partial charge in [-0.1, -0.05) is 164 Å². The molecule has 0 atom stereocenters. The molecule has 0 saturated heterocycles. The Bertz CT molecular complexity index is 3530. The number of para-hydroxylation sites is 1. The van der Waals surface area contributed by atoms with Crippen molar-refractivity contribution in [3.8, 4) is 27.9 Å². The Labute approximate surface area is 346 Å². The molecule has 10 aromatic carbocycles. The fraction of sp³-hybridized carbons (Fsp3) is 0. The molecule has 0 bridgehead atoms. The van der Waals surface area contributed by atoms with Crippen molar-refractivity contribution in [2.75, 3.05) is 4.90 Å². The van der Waals surface area contributed by atoms with E-state index in [1.807, 2.05) is 11.3 Å². The van der Waals surface area contributed by atoms with Crippen molar-refractivity contribution in [2.45, 2.75) is 0 Å². The Kier molecular flexibility index (Phi) is 7.75. The number of benzene rings is 10. The van der Waals surface area contributed by atoms with Gasteiger partial charge in [0.05, 0.1) is 11.0 Å². The first kappa shape index (κ1) is 33.7. The van der Waals surface area contributed by atoms with Crippen molar-refractivity contribution in [1.82, 2.24) is 4.57 Å². The van der Waals surface area contributed by atoms with Gasteiger partial charge in [0.15, 0.2) is 0 Å². The topological polar surface area (TPSA) is 8.17 Å². The summed E-state index contributed by atoms with van der Waals surface area (Å²) in [6, 6.07) is 79.8. The van der Waals surface area contributed by atoms with Crippen molar-refractivity contribution in [3.05, 3.63) is 218 Å². The molecule has 0 saturated carbocycles. The molecule has 2 nitrogen and oxygen atoms in total. The second-order valence-electron chi connectivity index (χ2n) is 15.3. The van der Waals surface area contributed by atoms with Gasteiger partial charge in [0.25, 0.3) is 0 Å². The summed E-state index contributed by atoms with van der Waals surface area (Å²) in [6.07, 6.45) is 0. The van der Waals surface area contributed by atoms with E-state index in [9.17, 15) is 0 Å². The average Bonchev–Trinajstić information content (AvgIpc) is 3.86. The van der Waals surface area contributed by atoms with Gasteiger partial charge in [-0.25, -0.2) is 0 Å². The van der Waals surface area contributed by atoms with E-state index in [0.29, 0.717) is 0 Å². The molecule has 12 rings (SSSR count). The predicted octanol–water partition coefficient (Wildman–Crippen LogP) is 16.3. The summed E-state index contributed by atoms with van der Waals surface area (Å²) in [4.78, 5) is 2.39. The number of thiophene rings is 1. The summed E-state index contributed by atoms with van der Waals surface area (Å²) >= 11 is 1.89. The zero-order chi connectivity index (χ0) is 38.9. The number of nitrogens with zero attached hydrogens (tertiary/aromatic N) is 2. The van der Waals surface area contributed by atoms with Gasteiger partial charge in [-0.05, 0) is 93.0 Å². The lowest BCUT2D eigenvalue weighted by molar-refractivity contribution is 1.19. The minimum absolute atomic E-state index is 1.11. The Hall–Kier alpha value is -7.46. The first-order valence-corrected chi connectivity index (χ1v) is 21.0. The Balaban J connectivity index is 0.989. The van der Waals surface area contributed by atoms with Crippen molar-refractivity contribution in [1.29, 1.82) is 0 Å². The molecule has 0 spiro atoms. The van der Waals surface area contributed by atoms with Gasteiger partial charge in [-0.15, -0.1) is 11.3 Å². The lowest BCUT2D eigenvalue weighted by Crippen LogP contribution is -2.09. The summed E-state index contributed by atoms with van der Waals surface area (Å²) in [5.74, 6) is 0. The van der Waals surface area contributed by atoms with Crippen molar-refractivity contribution < 1.29 is 0 Å². The quantitative estimate of drug-likeness (QED) is 0.164. The molecule has 0 fully saturated rings. The highest BCUT2D eigenvalue weighted by Gasteiger charge is 2.18. The highest BCUT2D eigenvalue weighted by atomic mass is 32.1. The van der Waals surface area contributed by atoms with Crippen LogP contribution in [0.15, 0.2) is 218 Å². The first-order chi connectivity index (χ1) is 29.2. The molecule has 276 valence electrons. The molecular formula is C56H36N2S. The minimum Gasteiger partial charge on any atom is -0.310 e. The van der Waals surface area contributed by atoms with Gasteiger partial charge >= 0.3 is 0 Å². The lowest BCUT2D eigenvalue weighted by Gasteiger charge is -2.26. The van der Waals surface area contributed by atoms with Gasteiger partial charge in [0.2, 0.25) is 0 Å². The van der Waals surface area contributed by atoms with E-state index < -0.39 is 0 Å². The van der Waals surface area contributed by atoms with Crippen LogP contribution in [0.5, 0.6) is 0 Å². The number of fused-ring (bicyclic) bond motifs is 10. The van der Waals surface area contributed by atoms with Crippen LogP contribution in [0.1, 0.15) is 0 Å². The van der Waals surface area contributed by atoms with Crippen LogP contribution in [0.25, 0.3) is 91.5 Å². The zero-order valence-electron chi connectivity index (χ0n) is 32.1.